The van der Waals surface area contributed by atoms with Crippen molar-refractivity contribution in [2.75, 3.05) is 12.0 Å². The number of halogens is 1. The minimum atomic E-state index is -3.38. The fourth-order valence-electron chi connectivity index (χ4n) is 2.81. The number of anilines is 1. The topological polar surface area (TPSA) is 90.9 Å². The van der Waals surface area contributed by atoms with Gasteiger partial charge in [0.15, 0.2) is 15.0 Å². The summed E-state index contributed by atoms with van der Waals surface area (Å²) in [7, 11) is -3.38. The van der Waals surface area contributed by atoms with Crippen LogP contribution in [0.1, 0.15) is 24.9 Å². The highest BCUT2D eigenvalue weighted by atomic mass is 35.5. The first-order valence-corrected chi connectivity index (χ1v) is 10.6. The molecule has 0 unspecified atom stereocenters. The molecule has 0 aliphatic heterocycles. The van der Waals surface area contributed by atoms with Crippen LogP contribution in [0.25, 0.3) is 16.1 Å². The fourth-order valence-corrected chi connectivity index (χ4v) is 4.49. The Morgan fingerprint density at radius 2 is 2.04 bits per heavy atom. The Hall–Kier alpha value is -1.90. The lowest BCUT2D eigenvalue weighted by molar-refractivity contribution is 0.601. The first kappa shape index (κ1) is 20.4. The molecule has 0 radical (unpaired) electrons. The van der Waals surface area contributed by atoms with Crippen molar-refractivity contribution in [3.05, 3.63) is 42.1 Å². The maximum atomic E-state index is 12.3. The van der Waals surface area contributed by atoms with Crippen LogP contribution in [0.4, 0.5) is 5.13 Å². The largest absolute Gasteiger partial charge is 0.375 e. The second-order valence-electron chi connectivity index (χ2n) is 5.88. The number of benzene rings is 1. The third-order valence-electron chi connectivity index (χ3n) is 3.88. The number of imidazole rings is 1. The van der Waals surface area contributed by atoms with Crippen molar-refractivity contribution in [3.63, 3.8) is 0 Å². The van der Waals surface area contributed by atoms with E-state index < -0.39 is 9.84 Å². The highest BCUT2D eigenvalue weighted by Gasteiger charge is 2.19. The number of nitrogen functional groups attached to an aromatic ring is 1. The first-order valence-electron chi connectivity index (χ1n) is 7.91. The van der Waals surface area contributed by atoms with Gasteiger partial charge < -0.3 is 10.3 Å². The molecule has 0 fully saturated rings. The minimum Gasteiger partial charge on any atom is -0.375 e. The number of aryl methyl sites for hydroxylation is 2. The Kier molecular flexibility index (Phi) is 6.10. The summed E-state index contributed by atoms with van der Waals surface area (Å²) >= 11 is 1.39. The van der Waals surface area contributed by atoms with Crippen LogP contribution in [0.3, 0.4) is 0 Å². The van der Waals surface area contributed by atoms with Gasteiger partial charge in [0.1, 0.15) is 5.82 Å². The minimum absolute atomic E-state index is 0. The summed E-state index contributed by atoms with van der Waals surface area (Å²) < 4.78 is 26.4. The number of nitrogens with zero attached hydrogens (tertiary/aromatic N) is 3. The van der Waals surface area contributed by atoms with Crippen molar-refractivity contribution in [1.82, 2.24) is 14.5 Å². The summed E-state index contributed by atoms with van der Waals surface area (Å²) in [5.41, 5.74) is 8.14. The number of sulfone groups is 1. The van der Waals surface area contributed by atoms with Gasteiger partial charge >= 0.3 is 0 Å². The van der Waals surface area contributed by atoms with Crippen molar-refractivity contribution in [1.29, 1.82) is 0 Å². The predicted octanol–water partition coefficient (Wildman–Crippen LogP) is 3.66. The summed E-state index contributed by atoms with van der Waals surface area (Å²) in [5.74, 6) is 0.838. The average molecular weight is 413 g/mol. The van der Waals surface area contributed by atoms with Crippen molar-refractivity contribution >= 4 is 38.7 Å². The average Bonchev–Trinajstić information content (AvgIpc) is 3.12. The third-order valence-corrected chi connectivity index (χ3v) is 6.06. The van der Waals surface area contributed by atoms with Gasteiger partial charge in [0.25, 0.3) is 0 Å². The van der Waals surface area contributed by atoms with Gasteiger partial charge in [0.05, 0.1) is 21.2 Å². The summed E-state index contributed by atoms with van der Waals surface area (Å²) in [6, 6.07) is 5.32. The molecule has 0 saturated carbocycles. The quantitative estimate of drug-likeness (QED) is 0.690. The van der Waals surface area contributed by atoms with Crippen LogP contribution in [0, 0.1) is 6.92 Å². The van der Waals surface area contributed by atoms with Crippen LogP contribution in [0.15, 0.2) is 35.5 Å². The van der Waals surface area contributed by atoms with E-state index in [1.54, 1.807) is 24.5 Å². The van der Waals surface area contributed by atoms with E-state index in [4.69, 9.17) is 5.73 Å². The van der Waals surface area contributed by atoms with Crippen LogP contribution >= 0.6 is 23.7 Å². The number of hydrogen-bond acceptors (Lipinski definition) is 6. The fraction of sp³-hybridized carbons (Fsp3) is 0.294. The number of thiazole rings is 1. The third kappa shape index (κ3) is 3.92. The van der Waals surface area contributed by atoms with Gasteiger partial charge in [0.2, 0.25) is 0 Å². The summed E-state index contributed by atoms with van der Waals surface area (Å²) in [6.45, 7) is 3.96. The van der Waals surface area contributed by atoms with Gasteiger partial charge in [0, 0.05) is 25.1 Å². The molecular formula is C17H21ClN4O2S2. The van der Waals surface area contributed by atoms with E-state index in [1.807, 2.05) is 17.6 Å². The second-order valence-corrected chi connectivity index (χ2v) is 8.90. The monoisotopic (exact) mass is 412 g/mol. The predicted molar refractivity (Wildman–Crippen MR) is 108 cm³/mol. The van der Waals surface area contributed by atoms with Crippen LogP contribution in [-0.2, 0) is 16.3 Å². The zero-order chi connectivity index (χ0) is 18.2. The smallest absolute Gasteiger partial charge is 0.180 e. The molecule has 9 heteroatoms. The summed E-state index contributed by atoms with van der Waals surface area (Å²) in [6.07, 6.45) is 6.41. The van der Waals surface area contributed by atoms with E-state index in [2.05, 4.69) is 16.9 Å². The SMILES string of the molecule is CCCc1nccn1-c1cc(-c2sc(N)nc2C)ccc1S(C)(=O)=O.Cl. The lowest BCUT2D eigenvalue weighted by Gasteiger charge is -2.13. The molecule has 0 bridgehead atoms. The van der Waals surface area contributed by atoms with E-state index >= 15 is 0 Å². The molecule has 26 heavy (non-hydrogen) atoms. The molecular weight excluding hydrogens is 392 g/mol. The second kappa shape index (κ2) is 7.77. The summed E-state index contributed by atoms with van der Waals surface area (Å²) in [5, 5.41) is 0.496. The molecule has 0 atom stereocenters. The van der Waals surface area contributed by atoms with Crippen LogP contribution in [0.2, 0.25) is 0 Å². The molecule has 0 saturated heterocycles. The number of rotatable bonds is 5. The van der Waals surface area contributed by atoms with Gasteiger partial charge in [-0.2, -0.15) is 0 Å². The standard InChI is InChI=1S/C17H20N4O2S2.ClH/c1-4-5-15-19-8-9-21(15)13-10-12(6-7-14(13)25(3,22)23)16-11(2)20-17(18)24-16;/h6-10H,4-5H2,1-3H3,(H2,18,20);1H. The van der Waals surface area contributed by atoms with Crippen molar-refractivity contribution in [2.24, 2.45) is 0 Å². The lowest BCUT2D eigenvalue weighted by atomic mass is 10.1. The maximum Gasteiger partial charge on any atom is 0.180 e. The van der Waals surface area contributed by atoms with E-state index in [0.29, 0.717) is 10.8 Å². The van der Waals surface area contributed by atoms with Crippen LogP contribution in [0.5, 0.6) is 0 Å². The van der Waals surface area contributed by atoms with E-state index in [9.17, 15) is 8.42 Å². The highest BCUT2D eigenvalue weighted by Crippen LogP contribution is 2.34. The number of hydrogen-bond donors (Lipinski definition) is 1. The molecule has 0 amide bonds. The lowest BCUT2D eigenvalue weighted by Crippen LogP contribution is -2.08. The van der Waals surface area contributed by atoms with E-state index in [0.717, 1.165) is 34.8 Å². The Morgan fingerprint density at radius 1 is 1.31 bits per heavy atom. The molecule has 2 aromatic heterocycles. The molecule has 6 nitrogen and oxygen atoms in total. The van der Waals surface area contributed by atoms with Crippen molar-refractivity contribution < 1.29 is 8.42 Å². The Morgan fingerprint density at radius 3 is 2.62 bits per heavy atom. The normalized spacial score (nSPS) is 11.3. The molecule has 3 rings (SSSR count). The Labute approximate surface area is 163 Å². The molecule has 140 valence electrons. The molecule has 0 aliphatic rings. The van der Waals surface area contributed by atoms with Crippen LogP contribution < -0.4 is 5.73 Å². The molecule has 0 spiro atoms. The van der Waals surface area contributed by atoms with E-state index in [1.165, 1.54) is 17.6 Å². The first-order chi connectivity index (χ1) is 11.8. The highest BCUT2D eigenvalue weighted by molar-refractivity contribution is 7.90. The molecule has 2 heterocycles. The molecule has 0 aliphatic carbocycles. The van der Waals surface area contributed by atoms with Gasteiger partial charge in [-0.1, -0.05) is 24.3 Å². The zero-order valence-electron chi connectivity index (χ0n) is 14.8. The molecule has 2 N–H and O–H groups in total. The van der Waals surface area contributed by atoms with E-state index in [-0.39, 0.29) is 17.3 Å². The van der Waals surface area contributed by atoms with Gasteiger partial charge in [-0.3, -0.25) is 0 Å². The van der Waals surface area contributed by atoms with Gasteiger partial charge in [-0.25, -0.2) is 18.4 Å². The molecule has 3 aromatic rings. The van der Waals surface area contributed by atoms with Crippen LogP contribution in [-0.4, -0.2) is 29.2 Å². The summed E-state index contributed by atoms with van der Waals surface area (Å²) in [4.78, 5) is 9.84. The Bertz CT molecular complexity index is 1030. The Balaban J connectivity index is 0.00000243. The van der Waals surface area contributed by atoms with Gasteiger partial charge in [-0.05, 0) is 31.0 Å². The molecule has 1 aromatic carbocycles. The van der Waals surface area contributed by atoms with Crippen molar-refractivity contribution in [2.45, 2.75) is 31.6 Å². The number of nitrogens with two attached hydrogens (primary N) is 1. The zero-order valence-corrected chi connectivity index (χ0v) is 17.2. The maximum absolute atomic E-state index is 12.3. The van der Waals surface area contributed by atoms with Gasteiger partial charge in [-0.15, -0.1) is 12.4 Å². The van der Waals surface area contributed by atoms with Crippen molar-refractivity contribution in [3.8, 4) is 16.1 Å². The number of aromatic nitrogens is 3.